The van der Waals surface area contributed by atoms with Gasteiger partial charge in [-0.2, -0.15) is 18.4 Å². The number of alkyl halides is 3. The van der Waals surface area contributed by atoms with E-state index < -0.39 is 56.7 Å². The van der Waals surface area contributed by atoms with Crippen LogP contribution in [0.1, 0.15) is 46.0 Å². The normalized spacial score (nSPS) is 19.1. The van der Waals surface area contributed by atoms with E-state index in [2.05, 4.69) is 30.7 Å². The van der Waals surface area contributed by atoms with Crippen LogP contribution in [0, 0.1) is 5.21 Å². The number of carbonyl (C=O) groups excluding carboxylic acids is 4. The van der Waals surface area contributed by atoms with Crippen LogP contribution in [0.3, 0.4) is 0 Å². The maximum atomic E-state index is 12.6. The number of amides is 2. The van der Waals surface area contributed by atoms with E-state index in [1.807, 2.05) is 0 Å². The van der Waals surface area contributed by atoms with Gasteiger partial charge in [-0.15, -0.1) is 0 Å². The quantitative estimate of drug-likeness (QED) is 0.0559. The molecule has 1 saturated heterocycles. The van der Waals surface area contributed by atoms with E-state index in [9.17, 15) is 42.8 Å². The van der Waals surface area contributed by atoms with Crippen molar-refractivity contribution in [2.75, 3.05) is 20.3 Å². The van der Waals surface area contributed by atoms with Gasteiger partial charge >= 0.3 is 24.0 Å². The lowest BCUT2D eigenvalue weighted by Gasteiger charge is -2.22. The molecule has 1 fully saturated rings. The average molecular weight is 694 g/mol. The Kier molecular flexibility index (Phi) is 11.6. The van der Waals surface area contributed by atoms with Crippen molar-refractivity contribution in [2.24, 2.45) is 5.73 Å². The molecule has 0 aromatic heterocycles. The molecule has 43 heavy (non-hydrogen) atoms. The number of methoxy groups -OCH3 is 1. The fourth-order valence-electron chi connectivity index (χ4n) is 3.94. The molecule has 1 heterocycles. The number of ether oxygens (including phenoxy) is 3. The molecule has 1 aliphatic rings. The minimum absolute atomic E-state index is 0.0104. The monoisotopic (exact) mass is 693 g/mol. The molecule has 0 aliphatic carbocycles. The van der Waals surface area contributed by atoms with Crippen molar-refractivity contribution in [2.45, 2.75) is 43.2 Å². The Morgan fingerprint density at radius 1 is 1.23 bits per heavy atom. The van der Waals surface area contributed by atoms with E-state index in [1.165, 1.54) is 12.1 Å². The van der Waals surface area contributed by atoms with Crippen molar-refractivity contribution in [3.63, 3.8) is 0 Å². The third-order valence-electron chi connectivity index (χ3n) is 6.09. The van der Waals surface area contributed by atoms with Gasteiger partial charge in [0, 0.05) is 11.0 Å². The summed E-state index contributed by atoms with van der Waals surface area (Å²) < 4.78 is 50.9. The molecule has 2 amide bonds. The number of nitrogens with one attached hydrogen (secondary N) is 1. The number of carbonyl (C=O) groups is 4. The largest absolute Gasteiger partial charge is 0.579 e. The Balaban J connectivity index is 1.46. The van der Waals surface area contributed by atoms with Gasteiger partial charge in [0.1, 0.15) is 34.3 Å². The number of nitrogens with two attached hydrogens (primary N) is 1. The van der Waals surface area contributed by atoms with Gasteiger partial charge in [0.05, 0.1) is 26.2 Å². The van der Waals surface area contributed by atoms with Crippen LogP contribution in [0.15, 0.2) is 40.9 Å². The number of quaternary nitrogens is 1. The maximum Gasteiger partial charge on any atom is 0.491 e. The molecular weight excluding hydrogens is 667 g/mol. The predicted octanol–water partition coefficient (Wildman–Crippen LogP) is 3.87. The molecule has 0 saturated carbocycles. The Morgan fingerprint density at radius 3 is 2.53 bits per heavy atom. The van der Waals surface area contributed by atoms with Crippen molar-refractivity contribution < 1.29 is 56.0 Å². The van der Waals surface area contributed by atoms with Crippen molar-refractivity contribution in [3.05, 3.63) is 62.8 Å². The number of benzene rings is 2. The fraction of sp³-hybridized carbons (Fsp3) is 0.385. The number of halogens is 4. The first kappa shape index (κ1) is 34.3. The van der Waals surface area contributed by atoms with Crippen LogP contribution in [0.5, 0.6) is 11.5 Å². The van der Waals surface area contributed by atoms with E-state index in [0.717, 1.165) is 18.7 Å². The van der Waals surface area contributed by atoms with E-state index in [1.54, 1.807) is 18.2 Å². The van der Waals surface area contributed by atoms with Gasteiger partial charge in [-0.3, -0.25) is 4.79 Å². The smallest absolute Gasteiger partial charge is 0.491 e. The van der Waals surface area contributed by atoms with Crippen LogP contribution in [0.2, 0.25) is 0 Å². The second-order valence-corrected chi connectivity index (χ2v) is 11.4. The van der Waals surface area contributed by atoms with Gasteiger partial charge in [-0.25, -0.2) is 14.4 Å². The molecule has 4 N–H and O–H groups in total. The van der Waals surface area contributed by atoms with Gasteiger partial charge in [-0.05, 0) is 48.6 Å². The number of hydroxylamine groups is 2. The van der Waals surface area contributed by atoms with Crippen LogP contribution < -0.4 is 20.5 Å². The van der Waals surface area contributed by atoms with Crippen LogP contribution >= 0.6 is 27.9 Å². The van der Waals surface area contributed by atoms with Gasteiger partial charge in [0.15, 0.2) is 0 Å². The minimum atomic E-state index is -5.27. The van der Waals surface area contributed by atoms with Crippen LogP contribution in [0.4, 0.5) is 13.2 Å². The second-order valence-electron chi connectivity index (χ2n) is 9.23. The number of hydrogen-bond acceptors (Lipinski definition) is 11. The van der Waals surface area contributed by atoms with Crippen molar-refractivity contribution in [3.8, 4) is 11.5 Å². The molecule has 0 radical (unpaired) electrons. The summed E-state index contributed by atoms with van der Waals surface area (Å²) >= 11 is 3.97. The molecule has 0 bridgehead atoms. The molecule has 17 heteroatoms. The number of rotatable bonds is 12. The van der Waals surface area contributed by atoms with Gasteiger partial charge in [0.2, 0.25) is 5.91 Å². The Morgan fingerprint density at radius 2 is 1.93 bits per heavy atom. The first-order valence-electron chi connectivity index (χ1n) is 12.6. The molecule has 2 unspecified atom stereocenters. The molecule has 1 aliphatic heterocycles. The summed E-state index contributed by atoms with van der Waals surface area (Å²) in [6, 6.07) is 7.80. The van der Waals surface area contributed by atoms with Crippen molar-refractivity contribution in [1.29, 1.82) is 0 Å². The van der Waals surface area contributed by atoms with E-state index >= 15 is 0 Å². The highest BCUT2D eigenvalue weighted by Crippen LogP contribution is 2.47. The Bertz CT molecular complexity index is 1380. The Hall–Kier alpha value is -3.22. The Labute approximate surface area is 256 Å². The summed E-state index contributed by atoms with van der Waals surface area (Å²) in [6.45, 7) is 0.241. The number of esters is 2. The lowest BCUT2D eigenvalue weighted by Crippen LogP contribution is -2.42. The summed E-state index contributed by atoms with van der Waals surface area (Å²) in [6.07, 6.45) is -4.40. The molecular formula is C26H27BrF3N3O9S. The summed E-state index contributed by atoms with van der Waals surface area (Å²) in [4.78, 5) is 47.5. The molecule has 3 rings (SSSR count). The van der Waals surface area contributed by atoms with Gasteiger partial charge in [-0.1, -0.05) is 38.3 Å². The summed E-state index contributed by atoms with van der Waals surface area (Å²) in [5.74, 6) is -5.65. The van der Waals surface area contributed by atoms with E-state index in [-0.39, 0.29) is 31.7 Å². The third kappa shape index (κ3) is 9.14. The van der Waals surface area contributed by atoms with Crippen LogP contribution in [-0.2, 0) is 25.5 Å². The highest BCUT2D eigenvalue weighted by molar-refractivity contribution is 9.10. The minimum Gasteiger partial charge on any atom is -0.579 e. The van der Waals surface area contributed by atoms with Crippen LogP contribution in [0.25, 0.3) is 0 Å². The molecule has 0 spiro atoms. The summed E-state index contributed by atoms with van der Waals surface area (Å²) in [5, 5.41) is 23.4. The number of unbranched alkanes of at least 4 members (excludes halogenated alkanes) is 1. The number of hydrogen-bond donors (Lipinski definition) is 3. The highest BCUT2D eigenvalue weighted by atomic mass is 79.9. The number of nitrogens with zero attached hydrogens (tertiary/aromatic N) is 1. The average Bonchev–Trinajstić information content (AvgIpc) is 3.20. The zero-order valence-corrected chi connectivity index (χ0v) is 24.9. The third-order valence-corrected chi connectivity index (χ3v) is 7.94. The zero-order chi connectivity index (χ0) is 31.9. The van der Waals surface area contributed by atoms with Gasteiger partial charge in [0.25, 0.3) is 0 Å². The molecule has 234 valence electrons. The predicted molar refractivity (Wildman–Crippen MR) is 148 cm³/mol. The fourth-order valence-corrected chi connectivity index (χ4v) is 5.87. The van der Waals surface area contributed by atoms with E-state index in [4.69, 9.17) is 10.5 Å². The summed E-state index contributed by atoms with van der Waals surface area (Å²) in [7, 11) is 1.00. The molecule has 2 aromatic carbocycles. The van der Waals surface area contributed by atoms with Crippen molar-refractivity contribution in [1.82, 2.24) is 5.32 Å². The lowest BCUT2D eigenvalue weighted by atomic mass is 10.0. The van der Waals surface area contributed by atoms with Crippen LogP contribution in [-0.4, -0.2) is 65.7 Å². The first-order chi connectivity index (χ1) is 20.1. The SMILES string of the molecule is COC(=O)c1c(OCCCCNC(=O)[C@@H](N)Cc2ccc(C3CC(=O)[N+]([O-])(O)S3)c(Br)c2)cccc1OC(=O)C(F)(F)F. The highest BCUT2D eigenvalue weighted by Gasteiger charge is 2.44. The zero-order valence-electron chi connectivity index (χ0n) is 22.5. The molecule has 2 aromatic rings. The first-order valence-corrected chi connectivity index (χ1v) is 14.3. The maximum absolute atomic E-state index is 12.6. The standard InChI is InChI=1S/C26H27BrF3N3O9S/c1-40-24(36)22-18(5-4-6-19(22)42-25(37)26(28,29)30)41-10-3-2-9-32-23(35)17(31)12-14-7-8-15(16(27)11-14)20-13-21(34)33(38,39)43-20/h4-8,11,17,20,38H,2-3,9-10,12-13,31H2,1H3,(H,32,35)/t17-,20?/m0/s1. The van der Waals surface area contributed by atoms with E-state index in [0.29, 0.717) is 34.8 Å². The molecule has 3 atom stereocenters. The summed E-state index contributed by atoms with van der Waals surface area (Å²) in [5.41, 5.74) is 6.93. The lowest BCUT2D eigenvalue weighted by molar-refractivity contribution is -0.880. The van der Waals surface area contributed by atoms with Crippen molar-refractivity contribution >= 4 is 51.6 Å². The second kappa shape index (κ2) is 14.5. The molecule has 12 nitrogen and oxygen atoms in total. The van der Waals surface area contributed by atoms with Gasteiger partial charge < -0.3 is 30.5 Å². The topological polar surface area (TPSA) is 177 Å².